The quantitative estimate of drug-likeness (QED) is 0.570. The van der Waals surface area contributed by atoms with Crippen LogP contribution in [0.5, 0.6) is 0 Å². The SMILES string of the molecule is c1ccc2c(c1)CCc1cc3cccnc3cc1-2. The molecule has 0 N–H and O–H groups in total. The molecule has 0 saturated heterocycles. The van der Waals surface area contributed by atoms with Crippen molar-refractivity contribution in [3.05, 3.63) is 65.9 Å². The maximum Gasteiger partial charge on any atom is 0.0708 e. The van der Waals surface area contributed by atoms with Crippen LogP contribution in [0.2, 0.25) is 0 Å². The van der Waals surface area contributed by atoms with Crippen LogP contribution in [0.15, 0.2) is 54.7 Å². The molecule has 1 aromatic heterocycles. The summed E-state index contributed by atoms with van der Waals surface area (Å²) in [5.74, 6) is 0. The first-order valence-electron chi connectivity index (χ1n) is 6.38. The molecule has 1 nitrogen and oxygen atoms in total. The Morgan fingerprint density at radius 2 is 1.67 bits per heavy atom. The first-order valence-corrected chi connectivity index (χ1v) is 6.38. The fourth-order valence-corrected chi connectivity index (χ4v) is 2.90. The molecule has 18 heavy (non-hydrogen) atoms. The van der Waals surface area contributed by atoms with Crippen molar-refractivity contribution in [2.75, 3.05) is 0 Å². The second-order valence-corrected chi connectivity index (χ2v) is 4.86. The highest BCUT2D eigenvalue weighted by atomic mass is 14.6. The van der Waals surface area contributed by atoms with Crippen LogP contribution in [0.1, 0.15) is 11.1 Å². The Kier molecular flexibility index (Phi) is 2.01. The molecule has 1 aliphatic carbocycles. The van der Waals surface area contributed by atoms with Crippen LogP contribution in [0.4, 0.5) is 0 Å². The molecule has 0 bridgehead atoms. The maximum atomic E-state index is 4.46. The standard InChI is InChI=1S/C17H13N/c1-2-6-15-12(4-1)7-8-13-10-14-5-3-9-18-17(14)11-16(13)15/h1-6,9-11H,7-8H2. The van der Waals surface area contributed by atoms with Gasteiger partial charge in [0.15, 0.2) is 0 Å². The van der Waals surface area contributed by atoms with Gasteiger partial charge in [-0.3, -0.25) is 4.98 Å². The summed E-state index contributed by atoms with van der Waals surface area (Å²) < 4.78 is 0. The second kappa shape index (κ2) is 3.67. The minimum atomic E-state index is 1.09. The first-order chi connectivity index (χ1) is 8.92. The lowest BCUT2D eigenvalue weighted by molar-refractivity contribution is 0.944. The van der Waals surface area contributed by atoms with Crippen molar-refractivity contribution in [2.45, 2.75) is 12.8 Å². The minimum absolute atomic E-state index is 1.09. The number of fused-ring (bicyclic) bond motifs is 4. The van der Waals surface area contributed by atoms with E-state index in [-0.39, 0.29) is 0 Å². The number of hydrogen-bond donors (Lipinski definition) is 0. The van der Waals surface area contributed by atoms with Crippen LogP contribution in [-0.2, 0) is 12.8 Å². The van der Waals surface area contributed by atoms with Gasteiger partial charge in [0.2, 0.25) is 0 Å². The molecule has 0 spiro atoms. The van der Waals surface area contributed by atoms with Crippen molar-refractivity contribution < 1.29 is 0 Å². The predicted octanol–water partition coefficient (Wildman–Crippen LogP) is 4.00. The zero-order valence-electron chi connectivity index (χ0n) is 10.1. The lowest BCUT2D eigenvalue weighted by Gasteiger charge is -2.20. The normalized spacial score (nSPS) is 13.1. The molecule has 0 unspecified atom stereocenters. The van der Waals surface area contributed by atoms with Gasteiger partial charge in [-0.1, -0.05) is 30.3 Å². The molecule has 0 aliphatic heterocycles. The Labute approximate surface area is 106 Å². The number of benzene rings is 2. The summed E-state index contributed by atoms with van der Waals surface area (Å²) in [6.07, 6.45) is 4.15. The molecule has 0 fully saturated rings. The third-order valence-electron chi connectivity index (χ3n) is 3.80. The van der Waals surface area contributed by atoms with Crippen molar-refractivity contribution in [3.8, 4) is 11.1 Å². The van der Waals surface area contributed by atoms with E-state index < -0.39 is 0 Å². The number of hydrogen-bond acceptors (Lipinski definition) is 1. The summed E-state index contributed by atoms with van der Waals surface area (Å²) in [5, 5.41) is 1.25. The highest BCUT2D eigenvalue weighted by molar-refractivity contribution is 5.87. The first kappa shape index (κ1) is 9.84. The Balaban J connectivity index is 2.06. The Hall–Kier alpha value is -2.15. The second-order valence-electron chi connectivity index (χ2n) is 4.86. The Morgan fingerprint density at radius 3 is 2.67 bits per heavy atom. The molecule has 3 aromatic rings. The number of nitrogens with zero attached hydrogens (tertiary/aromatic N) is 1. The van der Waals surface area contributed by atoms with Crippen LogP contribution in [0.25, 0.3) is 22.0 Å². The van der Waals surface area contributed by atoms with Gasteiger partial charge in [0, 0.05) is 11.6 Å². The van der Waals surface area contributed by atoms with Crippen LogP contribution >= 0.6 is 0 Å². The fraction of sp³-hybridized carbons (Fsp3) is 0.118. The van der Waals surface area contributed by atoms with Crippen LogP contribution in [0.3, 0.4) is 0 Å². The molecule has 4 rings (SSSR count). The summed E-state index contributed by atoms with van der Waals surface area (Å²) in [6.45, 7) is 0. The van der Waals surface area contributed by atoms with Gasteiger partial charge in [-0.2, -0.15) is 0 Å². The lowest BCUT2D eigenvalue weighted by Crippen LogP contribution is -2.03. The average Bonchev–Trinajstić information content (AvgIpc) is 2.45. The highest BCUT2D eigenvalue weighted by Gasteiger charge is 2.16. The monoisotopic (exact) mass is 231 g/mol. The summed E-state index contributed by atoms with van der Waals surface area (Å²) in [4.78, 5) is 4.46. The minimum Gasteiger partial charge on any atom is -0.256 e. The van der Waals surface area contributed by atoms with Crippen molar-refractivity contribution in [1.82, 2.24) is 4.98 Å². The Morgan fingerprint density at radius 1 is 0.778 bits per heavy atom. The molecule has 0 saturated carbocycles. The van der Waals surface area contributed by atoms with Gasteiger partial charge in [-0.15, -0.1) is 0 Å². The van der Waals surface area contributed by atoms with Gasteiger partial charge < -0.3 is 0 Å². The van der Waals surface area contributed by atoms with Crippen LogP contribution in [0, 0.1) is 0 Å². The zero-order valence-corrected chi connectivity index (χ0v) is 10.1. The summed E-state index contributed by atoms with van der Waals surface area (Å²) in [5.41, 5.74) is 6.75. The third kappa shape index (κ3) is 1.37. The van der Waals surface area contributed by atoms with Crippen molar-refractivity contribution in [1.29, 1.82) is 0 Å². The third-order valence-corrected chi connectivity index (χ3v) is 3.80. The molecule has 1 aliphatic rings. The molecule has 1 heteroatoms. The van der Waals surface area contributed by atoms with Crippen molar-refractivity contribution in [2.24, 2.45) is 0 Å². The average molecular weight is 231 g/mol. The molecule has 1 heterocycles. The molecule has 2 aromatic carbocycles. The van der Waals surface area contributed by atoms with E-state index in [0.29, 0.717) is 0 Å². The highest BCUT2D eigenvalue weighted by Crippen LogP contribution is 2.35. The predicted molar refractivity (Wildman–Crippen MR) is 74.6 cm³/mol. The maximum absolute atomic E-state index is 4.46. The number of rotatable bonds is 0. The molecular weight excluding hydrogens is 218 g/mol. The van der Waals surface area contributed by atoms with Gasteiger partial charge in [-0.05, 0) is 53.3 Å². The Bertz CT molecular complexity index is 743. The molecule has 0 atom stereocenters. The van der Waals surface area contributed by atoms with E-state index in [1.807, 2.05) is 12.3 Å². The van der Waals surface area contributed by atoms with Crippen LogP contribution < -0.4 is 0 Å². The van der Waals surface area contributed by atoms with E-state index in [2.05, 4.69) is 47.4 Å². The molecule has 0 radical (unpaired) electrons. The summed E-state index contributed by atoms with van der Waals surface area (Å²) in [6, 6.07) is 17.4. The largest absolute Gasteiger partial charge is 0.256 e. The smallest absolute Gasteiger partial charge is 0.0708 e. The van der Waals surface area contributed by atoms with Gasteiger partial charge >= 0.3 is 0 Å². The topological polar surface area (TPSA) is 12.9 Å². The van der Waals surface area contributed by atoms with E-state index in [0.717, 1.165) is 18.4 Å². The van der Waals surface area contributed by atoms with Gasteiger partial charge in [0.05, 0.1) is 5.52 Å². The number of aromatic nitrogens is 1. The van der Waals surface area contributed by atoms with E-state index >= 15 is 0 Å². The molecule has 86 valence electrons. The van der Waals surface area contributed by atoms with Gasteiger partial charge in [0.25, 0.3) is 0 Å². The molecular formula is C17H13N. The lowest BCUT2D eigenvalue weighted by atomic mass is 9.85. The number of pyridine rings is 1. The number of aryl methyl sites for hydroxylation is 2. The van der Waals surface area contributed by atoms with Crippen molar-refractivity contribution >= 4 is 10.9 Å². The summed E-state index contributed by atoms with van der Waals surface area (Å²) in [7, 11) is 0. The van der Waals surface area contributed by atoms with E-state index in [1.54, 1.807) is 0 Å². The fourth-order valence-electron chi connectivity index (χ4n) is 2.90. The van der Waals surface area contributed by atoms with Crippen LogP contribution in [-0.4, -0.2) is 4.98 Å². The van der Waals surface area contributed by atoms with Crippen molar-refractivity contribution in [3.63, 3.8) is 0 Å². The summed E-state index contributed by atoms with van der Waals surface area (Å²) >= 11 is 0. The molecule has 0 amide bonds. The van der Waals surface area contributed by atoms with E-state index in [9.17, 15) is 0 Å². The van der Waals surface area contributed by atoms with E-state index in [1.165, 1.54) is 27.6 Å². The van der Waals surface area contributed by atoms with Gasteiger partial charge in [0.1, 0.15) is 0 Å². The van der Waals surface area contributed by atoms with E-state index in [4.69, 9.17) is 0 Å². The zero-order chi connectivity index (χ0) is 11.9. The van der Waals surface area contributed by atoms with Gasteiger partial charge in [-0.25, -0.2) is 0 Å².